The van der Waals surface area contributed by atoms with Crippen molar-refractivity contribution < 1.29 is 9.72 Å². The van der Waals surface area contributed by atoms with Crippen LogP contribution in [0.5, 0.6) is 0 Å². The second-order valence-electron chi connectivity index (χ2n) is 4.97. The molecule has 0 saturated heterocycles. The maximum atomic E-state index is 11.9. The number of nitro groups is 1. The van der Waals surface area contributed by atoms with Gasteiger partial charge in [-0.15, -0.1) is 0 Å². The average molecular weight is 335 g/mol. The Hall–Kier alpha value is -2.28. The van der Waals surface area contributed by atoms with E-state index >= 15 is 0 Å². The van der Waals surface area contributed by atoms with Crippen LogP contribution in [0.15, 0.2) is 30.3 Å². The van der Waals surface area contributed by atoms with E-state index in [1.54, 1.807) is 12.1 Å². The molecule has 1 rings (SSSR count). The van der Waals surface area contributed by atoms with Crippen LogP contribution in [0.1, 0.15) is 32.3 Å². The van der Waals surface area contributed by atoms with Gasteiger partial charge in [-0.2, -0.15) is 0 Å². The number of hydrogen-bond donors (Lipinski definition) is 1. The molecule has 1 N–H and O–H groups in total. The maximum absolute atomic E-state index is 11.9. The van der Waals surface area contributed by atoms with Crippen LogP contribution in [0.2, 0.25) is 0 Å². The molecule has 124 valence electrons. The summed E-state index contributed by atoms with van der Waals surface area (Å²) in [6.07, 6.45) is 4.73. The van der Waals surface area contributed by atoms with Crippen LogP contribution in [0.25, 0.3) is 6.08 Å². The summed E-state index contributed by atoms with van der Waals surface area (Å²) in [4.78, 5) is 24.1. The molecule has 0 aliphatic rings. The Bertz CT molecular complexity index is 596. The predicted octanol–water partition coefficient (Wildman–Crippen LogP) is 3.13. The largest absolute Gasteiger partial charge is 0.349 e. The molecule has 0 atom stereocenters. The van der Waals surface area contributed by atoms with Crippen LogP contribution in [-0.2, 0) is 4.79 Å². The predicted molar refractivity (Wildman–Crippen MR) is 95.0 cm³/mol. The Morgan fingerprint density at radius 3 is 2.57 bits per heavy atom. The first-order valence-electron chi connectivity index (χ1n) is 7.50. The number of nitrogens with one attached hydrogen (secondary N) is 1. The molecule has 7 heteroatoms. The van der Waals surface area contributed by atoms with Crippen molar-refractivity contribution in [3.05, 3.63) is 46.0 Å². The molecule has 0 aliphatic carbocycles. The quantitative estimate of drug-likeness (QED) is 0.358. The third kappa shape index (κ3) is 6.56. The van der Waals surface area contributed by atoms with E-state index in [4.69, 9.17) is 12.2 Å². The van der Waals surface area contributed by atoms with E-state index < -0.39 is 4.92 Å². The van der Waals surface area contributed by atoms with Crippen LogP contribution >= 0.6 is 12.2 Å². The number of non-ortho nitro benzene ring substituents is 1. The molecule has 23 heavy (non-hydrogen) atoms. The minimum atomic E-state index is -0.472. The van der Waals surface area contributed by atoms with Gasteiger partial charge >= 0.3 is 0 Å². The molecular weight excluding hydrogens is 314 g/mol. The molecule has 0 unspecified atom stereocenters. The lowest BCUT2D eigenvalue weighted by atomic mass is 10.2. The van der Waals surface area contributed by atoms with Gasteiger partial charge in [0.2, 0.25) is 5.91 Å². The van der Waals surface area contributed by atoms with Gasteiger partial charge in [-0.3, -0.25) is 20.2 Å². The molecule has 0 fully saturated rings. The highest BCUT2D eigenvalue weighted by atomic mass is 32.1. The minimum Gasteiger partial charge on any atom is -0.349 e. The fourth-order valence-corrected chi connectivity index (χ4v) is 2.28. The second kappa shape index (κ2) is 9.68. The van der Waals surface area contributed by atoms with E-state index in [2.05, 4.69) is 19.2 Å². The van der Waals surface area contributed by atoms with E-state index in [0.717, 1.165) is 25.9 Å². The van der Waals surface area contributed by atoms with Gasteiger partial charge in [-0.25, -0.2) is 0 Å². The van der Waals surface area contributed by atoms with Gasteiger partial charge in [-0.05, 0) is 36.7 Å². The Morgan fingerprint density at radius 1 is 1.35 bits per heavy atom. The SMILES string of the molecule is CCCN(CCC)C(=S)NC(=O)/C=C/c1cccc([N+](=O)[O-])c1. The lowest BCUT2D eigenvalue weighted by molar-refractivity contribution is -0.384. The smallest absolute Gasteiger partial charge is 0.270 e. The van der Waals surface area contributed by atoms with Crippen LogP contribution in [0.3, 0.4) is 0 Å². The highest BCUT2D eigenvalue weighted by Gasteiger charge is 2.09. The number of rotatable bonds is 7. The number of carbonyl (C=O) groups excluding carboxylic acids is 1. The van der Waals surface area contributed by atoms with Gasteiger partial charge in [0.05, 0.1) is 4.92 Å². The number of thiocarbonyl (C=S) groups is 1. The van der Waals surface area contributed by atoms with Crippen molar-refractivity contribution >= 4 is 35.0 Å². The van der Waals surface area contributed by atoms with E-state index in [1.807, 2.05) is 4.90 Å². The number of amides is 1. The molecule has 1 aromatic rings. The summed E-state index contributed by atoms with van der Waals surface area (Å²) < 4.78 is 0. The summed E-state index contributed by atoms with van der Waals surface area (Å²) in [7, 11) is 0. The summed E-state index contributed by atoms with van der Waals surface area (Å²) in [5.74, 6) is -0.348. The van der Waals surface area contributed by atoms with Gasteiger partial charge in [0, 0.05) is 31.3 Å². The standard InChI is InChI=1S/C16H21N3O3S/c1-3-10-18(11-4-2)16(23)17-15(20)9-8-13-6-5-7-14(12-13)19(21)22/h5-9,12H,3-4,10-11H2,1-2H3,(H,17,20,23)/b9-8+. The molecule has 0 radical (unpaired) electrons. The Balaban J connectivity index is 2.66. The molecule has 1 aromatic carbocycles. The van der Waals surface area contributed by atoms with E-state index in [0.29, 0.717) is 10.7 Å². The zero-order valence-electron chi connectivity index (χ0n) is 13.3. The third-order valence-electron chi connectivity index (χ3n) is 3.01. The number of nitro benzene ring substituents is 1. The first-order valence-corrected chi connectivity index (χ1v) is 7.91. The Labute approximate surface area is 141 Å². The molecule has 6 nitrogen and oxygen atoms in total. The number of nitrogens with zero attached hydrogens (tertiary/aromatic N) is 2. The molecule has 1 amide bonds. The van der Waals surface area contributed by atoms with E-state index in [9.17, 15) is 14.9 Å². The highest BCUT2D eigenvalue weighted by molar-refractivity contribution is 7.80. The van der Waals surface area contributed by atoms with Gasteiger partial charge in [-0.1, -0.05) is 26.0 Å². The first-order chi connectivity index (χ1) is 11.0. The zero-order valence-corrected chi connectivity index (χ0v) is 14.1. The molecule has 0 aromatic heterocycles. The van der Waals surface area contributed by atoms with Crippen molar-refractivity contribution in [2.75, 3.05) is 13.1 Å². The van der Waals surface area contributed by atoms with Gasteiger partial charge in [0.25, 0.3) is 5.69 Å². The van der Waals surface area contributed by atoms with E-state index in [1.165, 1.54) is 24.3 Å². The van der Waals surface area contributed by atoms with Gasteiger partial charge < -0.3 is 4.90 Å². The maximum Gasteiger partial charge on any atom is 0.270 e. The van der Waals surface area contributed by atoms with Crippen molar-refractivity contribution in [1.29, 1.82) is 0 Å². The van der Waals surface area contributed by atoms with Crippen LogP contribution in [0.4, 0.5) is 5.69 Å². The first kappa shape index (κ1) is 18.8. The molecule has 0 saturated carbocycles. The summed E-state index contributed by atoms with van der Waals surface area (Å²) >= 11 is 5.24. The van der Waals surface area contributed by atoms with Crippen LogP contribution in [0, 0.1) is 10.1 Å². The normalized spacial score (nSPS) is 10.5. The fraction of sp³-hybridized carbons (Fsp3) is 0.375. The summed E-state index contributed by atoms with van der Waals surface area (Å²) in [5.41, 5.74) is 0.569. The lowest BCUT2D eigenvalue weighted by Gasteiger charge is -2.23. The molecule has 0 spiro atoms. The lowest BCUT2D eigenvalue weighted by Crippen LogP contribution is -2.42. The monoisotopic (exact) mass is 335 g/mol. The van der Waals surface area contributed by atoms with Crippen molar-refractivity contribution in [2.45, 2.75) is 26.7 Å². The number of benzene rings is 1. The molecular formula is C16H21N3O3S. The van der Waals surface area contributed by atoms with Crippen LogP contribution in [-0.4, -0.2) is 33.9 Å². The zero-order chi connectivity index (χ0) is 17.2. The van der Waals surface area contributed by atoms with Crippen molar-refractivity contribution in [3.8, 4) is 0 Å². The molecule has 0 bridgehead atoms. The van der Waals surface area contributed by atoms with Crippen molar-refractivity contribution in [1.82, 2.24) is 10.2 Å². The summed E-state index contributed by atoms with van der Waals surface area (Å²) in [6.45, 7) is 5.69. The highest BCUT2D eigenvalue weighted by Crippen LogP contribution is 2.13. The Kier molecular flexibility index (Phi) is 7.90. The van der Waals surface area contributed by atoms with Gasteiger partial charge in [0.15, 0.2) is 5.11 Å². The van der Waals surface area contributed by atoms with Crippen LogP contribution < -0.4 is 5.32 Å². The fourth-order valence-electron chi connectivity index (χ4n) is 1.99. The topological polar surface area (TPSA) is 75.5 Å². The molecule has 0 heterocycles. The number of hydrogen-bond acceptors (Lipinski definition) is 4. The number of carbonyl (C=O) groups is 1. The molecule has 0 aliphatic heterocycles. The van der Waals surface area contributed by atoms with Gasteiger partial charge in [0.1, 0.15) is 0 Å². The minimum absolute atomic E-state index is 0.0138. The van der Waals surface area contributed by atoms with Crippen molar-refractivity contribution in [2.24, 2.45) is 0 Å². The third-order valence-corrected chi connectivity index (χ3v) is 3.37. The average Bonchev–Trinajstić information content (AvgIpc) is 2.53. The van der Waals surface area contributed by atoms with Crippen molar-refractivity contribution in [3.63, 3.8) is 0 Å². The Morgan fingerprint density at radius 2 is 2.00 bits per heavy atom. The van der Waals surface area contributed by atoms with E-state index in [-0.39, 0.29) is 11.6 Å². The summed E-state index contributed by atoms with van der Waals surface area (Å²) in [5, 5.41) is 13.8. The summed E-state index contributed by atoms with van der Waals surface area (Å²) in [6, 6.07) is 6.07. The second-order valence-corrected chi connectivity index (χ2v) is 5.35.